The molecule has 3 heterocycles. The molecule has 0 bridgehead atoms. The summed E-state index contributed by atoms with van der Waals surface area (Å²) in [5.41, 5.74) is 2.98. The van der Waals surface area contributed by atoms with Gasteiger partial charge in [-0.05, 0) is 45.6 Å². The molecule has 5 nitrogen and oxygen atoms in total. The molecule has 3 aromatic rings. The Balaban J connectivity index is 1.64. The van der Waals surface area contributed by atoms with E-state index in [-0.39, 0.29) is 5.91 Å². The first-order valence-corrected chi connectivity index (χ1v) is 8.58. The highest BCUT2D eigenvalue weighted by molar-refractivity contribution is 7.08. The summed E-state index contributed by atoms with van der Waals surface area (Å²) in [4.78, 5) is 20.8. The maximum absolute atomic E-state index is 12.6. The van der Waals surface area contributed by atoms with Gasteiger partial charge < -0.3 is 5.32 Å². The molecule has 0 saturated carbocycles. The zero-order valence-electron chi connectivity index (χ0n) is 13.1. The van der Waals surface area contributed by atoms with E-state index in [0.717, 1.165) is 16.7 Å². The highest BCUT2D eigenvalue weighted by Crippen LogP contribution is 2.17. The van der Waals surface area contributed by atoms with Crippen LogP contribution in [0.15, 0.2) is 65.9 Å². The highest BCUT2D eigenvalue weighted by atomic mass is 32.1. The third-order valence-electron chi connectivity index (χ3n) is 3.56. The SMILES string of the molecule is O=C(NCc1cccnc1)C(NCc1cccnc1)c1ccsc1. The fourth-order valence-electron chi connectivity index (χ4n) is 2.32. The van der Waals surface area contributed by atoms with Crippen molar-refractivity contribution in [1.82, 2.24) is 20.6 Å². The van der Waals surface area contributed by atoms with Crippen LogP contribution < -0.4 is 10.6 Å². The van der Waals surface area contributed by atoms with Crippen LogP contribution in [-0.4, -0.2) is 15.9 Å². The predicted octanol–water partition coefficient (Wildman–Crippen LogP) is 2.69. The van der Waals surface area contributed by atoms with Gasteiger partial charge in [-0.1, -0.05) is 12.1 Å². The van der Waals surface area contributed by atoms with Crippen LogP contribution >= 0.6 is 11.3 Å². The number of hydrogen-bond acceptors (Lipinski definition) is 5. The number of carbonyl (C=O) groups is 1. The quantitative estimate of drug-likeness (QED) is 0.695. The second-order valence-electron chi connectivity index (χ2n) is 5.31. The van der Waals surface area contributed by atoms with Crippen molar-refractivity contribution in [2.75, 3.05) is 0 Å². The van der Waals surface area contributed by atoms with Gasteiger partial charge in [0.25, 0.3) is 0 Å². The van der Waals surface area contributed by atoms with Gasteiger partial charge in [0, 0.05) is 37.9 Å². The minimum absolute atomic E-state index is 0.0545. The maximum atomic E-state index is 12.6. The number of carbonyl (C=O) groups excluding carboxylic acids is 1. The summed E-state index contributed by atoms with van der Waals surface area (Å²) >= 11 is 1.58. The van der Waals surface area contributed by atoms with Gasteiger partial charge in [0.1, 0.15) is 6.04 Å². The number of aromatic nitrogens is 2. The van der Waals surface area contributed by atoms with Crippen molar-refractivity contribution in [1.29, 1.82) is 0 Å². The Morgan fingerprint density at radius 3 is 2.33 bits per heavy atom. The van der Waals surface area contributed by atoms with E-state index in [0.29, 0.717) is 13.1 Å². The first kappa shape index (κ1) is 16.3. The maximum Gasteiger partial charge on any atom is 0.242 e. The van der Waals surface area contributed by atoms with Crippen LogP contribution in [0.2, 0.25) is 0 Å². The first-order valence-electron chi connectivity index (χ1n) is 7.64. The van der Waals surface area contributed by atoms with Crippen LogP contribution in [0.5, 0.6) is 0 Å². The van der Waals surface area contributed by atoms with E-state index in [1.807, 2.05) is 41.1 Å². The molecule has 0 aliphatic carbocycles. The van der Waals surface area contributed by atoms with Gasteiger partial charge in [0.2, 0.25) is 5.91 Å². The molecule has 0 aromatic carbocycles. The lowest BCUT2D eigenvalue weighted by molar-refractivity contribution is -0.123. The zero-order chi connectivity index (χ0) is 16.6. The molecule has 3 rings (SSSR count). The van der Waals surface area contributed by atoms with Gasteiger partial charge in [-0.25, -0.2) is 0 Å². The van der Waals surface area contributed by atoms with E-state index in [1.165, 1.54) is 0 Å². The lowest BCUT2D eigenvalue weighted by Gasteiger charge is -2.17. The average molecular weight is 338 g/mol. The van der Waals surface area contributed by atoms with Crippen LogP contribution in [0, 0.1) is 0 Å². The Morgan fingerprint density at radius 1 is 1.04 bits per heavy atom. The molecular weight excluding hydrogens is 320 g/mol. The number of thiophene rings is 1. The molecular formula is C18H18N4OS. The number of nitrogens with one attached hydrogen (secondary N) is 2. The van der Waals surface area contributed by atoms with E-state index in [4.69, 9.17) is 0 Å². The average Bonchev–Trinajstić information content (AvgIpc) is 3.16. The van der Waals surface area contributed by atoms with Crippen molar-refractivity contribution < 1.29 is 4.79 Å². The Hall–Kier alpha value is -2.57. The van der Waals surface area contributed by atoms with Crippen molar-refractivity contribution >= 4 is 17.2 Å². The van der Waals surface area contributed by atoms with Crippen molar-refractivity contribution in [3.63, 3.8) is 0 Å². The molecule has 0 spiro atoms. The normalized spacial score (nSPS) is 11.8. The van der Waals surface area contributed by atoms with E-state index < -0.39 is 6.04 Å². The number of nitrogens with zero attached hydrogens (tertiary/aromatic N) is 2. The molecule has 0 fully saturated rings. The largest absolute Gasteiger partial charge is 0.350 e. The monoisotopic (exact) mass is 338 g/mol. The molecule has 0 aliphatic rings. The fraction of sp³-hybridized carbons (Fsp3) is 0.167. The Morgan fingerprint density at radius 2 is 1.75 bits per heavy atom. The molecule has 6 heteroatoms. The summed E-state index contributed by atoms with van der Waals surface area (Å²) in [5.74, 6) is -0.0545. The van der Waals surface area contributed by atoms with Crippen molar-refractivity contribution in [2.24, 2.45) is 0 Å². The summed E-state index contributed by atoms with van der Waals surface area (Å²) in [6.07, 6.45) is 7.00. The molecule has 3 aromatic heterocycles. The topological polar surface area (TPSA) is 66.9 Å². The second kappa shape index (κ2) is 8.33. The third kappa shape index (κ3) is 4.47. The van der Waals surface area contributed by atoms with Crippen LogP contribution in [-0.2, 0) is 17.9 Å². The van der Waals surface area contributed by atoms with E-state index in [1.54, 1.807) is 36.1 Å². The first-order chi connectivity index (χ1) is 11.8. The minimum atomic E-state index is -0.395. The number of pyridine rings is 2. The molecule has 1 amide bonds. The van der Waals surface area contributed by atoms with Gasteiger partial charge in [0.05, 0.1) is 0 Å². The van der Waals surface area contributed by atoms with E-state index in [9.17, 15) is 4.79 Å². The summed E-state index contributed by atoms with van der Waals surface area (Å²) in [6.45, 7) is 1.04. The summed E-state index contributed by atoms with van der Waals surface area (Å²) in [5, 5.41) is 10.2. The van der Waals surface area contributed by atoms with Crippen molar-refractivity contribution in [2.45, 2.75) is 19.1 Å². The van der Waals surface area contributed by atoms with Gasteiger partial charge in [-0.3, -0.25) is 20.1 Å². The summed E-state index contributed by atoms with van der Waals surface area (Å²) < 4.78 is 0. The van der Waals surface area contributed by atoms with Crippen LogP contribution in [0.4, 0.5) is 0 Å². The van der Waals surface area contributed by atoms with Crippen molar-refractivity contribution in [3.8, 4) is 0 Å². The molecule has 2 N–H and O–H groups in total. The molecule has 0 radical (unpaired) electrons. The molecule has 1 unspecified atom stereocenters. The van der Waals surface area contributed by atoms with E-state index >= 15 is 0 Å². The second-order valence-corrected chi connectivity index (χ2v) is 6.09. The fourth-order valence-corrected chi connectivity index (χ4v) is 3.00. The Kier molecular flexibility index (Phi) is 5.65. The molecule has 1 atom stereocenters. The molecule has 24 heavy (non-hydrogen) atoms. The smallest absolute Gasteiger partial charge is 0.242 e. The predicted molar refractivity (Wildman–Crippen MR) is 94.2 cm³/mol. The van der Waals surface area contributed by atoms with Crippen LogP contribution in [0.3, 0.4) is 0 Å². The lowest BCUT2D eigenvalue weighted by atomic mass is 10.1. The standard InChI is InChI=1S/C18H18N4OS/c23-18(22-12-15-4-2-7-20-10-15)17(16-5-8-24-13-16)21-11-14-3-1-6-19-9-14/h1-10,13,17,21H,11-12H2,(H,22,23). The number of amides is 1. The van der Waals surface area contributed by atoms with Gasteiger partial charge in [-0.2, -0.15) is 11.3 Å². The van der Waals surface area contributed by atoms with Crippen molar-refractivity contribution in [3.05, 3.63) is 82.6 Å². The summed E-state index contributed by atoms with van der Waals surface area (Å²) in [7, 11) is 0. The van der Waals surface area contributed by atoms with Crippen LogP contribution in [0.1, 0.15) is 22.7 Å². The Labute approximate surface area is 144 Å². The van der Waals surface area contributed by atoms with Gasteiger partial charge in [0.15, 0.2) is 0 Å². The van der Waals surface area contributed by atoms with Gasteiger partial charge >= 0.3 is 0 Å². The molecule has 122 valence electrons. The number of hydrogen-bond donors (Lipinski definition) is 2. The summed E-state index contributed by atoms with van der Waals surface area (Å²) in [6, 6.07) is 9.24. The van der Waals surface area contributed by atoms with Crippen LogP contribution in [0.25, 0.3) is 0 Å². The lowest BCUT2D eigenvalue weighted by Crippen LogP contribution is -2.36. The minimum Gasteiger partial charge on any atom is -0.350 e. The number of rotatable bonds is 7. The van der Waals surface area contributed by atoms with Gasteiger partial charge in [-0.15, -0.1) is 0 Å². The highest BCUT2D eigenvalue weighted by Gasteiger charge is 2.20. The molecule has 0 aliphatic heterocycles. The third-order valence-corrected chi connectivity index (χ3v) is 4.26. The zero-order valence-corrected chi connectivity index (χ0v) is 13.9. The van der Waals surface area contributed by atoms with E-state index in [2.05, 4.69) is 20.6 Å². The molecule has 0 saturated heterocycles. The Bertz CT molecular complexity index is 747.